The van der Waals surface area contributed by atoms with E-state index in [0.29, 0.717) is 21.3 Å². The molecule has 0 saturated heterocycles. The van der Waals surface area contributed by atoms with Gasteiger partial charge in [-0.3, -0.25) is 4.79 Å². The third-order valence-corrected chi connectivity index (χ3v) is 5.22. The lowest BCUT2D eigenvalue weighted by Crippen LogP contribution is -2.11. The van der Waals surface area contributed by atoms with Gasteiger partial charge in [-0.1, -0.05) is 23.2 Å². The molecule has 0 aliphatic rings. The number of halogens is 2. The zero-order valence-electron chi connectivity index (χ0n) is 12.3. The van der Waals surface area contributed by atoms with E-state index in [4.69, 9.17) is 23.2 Å². The Bertz CT molecular complexity index is 816. The average Bonchev–Trinajstić information content (AvgIpc) is 3.06. The Hall–Kier alpha value is -1.53. The summed E-state index contributed by atoms with van der Waals surface area (Å²) >= 11 is 15.1. The van der Waals surface area contributed by atoms with E-state index in [1.807, 2.05) is 23.0 Å². The first-order chi connectivity index (χ1) is 11.6. The molecule has 0 aliphatic heterocycles. The molecule has 0 spiro atoms. The number of amides is 1. The molecule has 1 aromatic heterocycles. The van der Waals surface area contributed by atoms with E-state index in [9.17, 15) is 4.79 Å². The molecule has 7 heteroatoms. The van der Waals surface area contributed by atoms with Crippen molar-refractivity contribution in [1.29, 1.82) is 0 Å². The molecule has 0 fully saturated rings. The van der Waals surface area contributed by atoms with Crippen LogP contribution < -0.4 is 5.32 Å². The summed E-state index contributed by atoms with van der Waals surface area (Å²) in [5, 5.41) is 5.78. The summed E-state index contributed by atoms with van der Waals surface area (Å²) < 4.78 is 0. The Labute approximate surface area is 158 Å². The fraction of sp³-hybridized carbons (Fsp3) is 0.0588. The number of hydrogen-bond acceptors (Lipinski definition) is 4. The van der Waals surface area contributed by atoms with Gasteiger partial charge in [-0.2, -0.15) is 0 Å². The van der Waals surface area contributed by atoms with Crippen molar-refractivity contribution in [1.82, 2.24) is 4.98 Å². The summed E-state index contributed by atoms with van der Waals surface area (Å²) in [6.07, 6.45) is 0. The van der Waals surface area contributed by atoms with Crippen LogP contribution in [0.5, 0.6) is 0 Å². The average molecular weight is 395 g/mol. The Balaban J connectivity index is 1.63. The molecule has 3 rings (SSSR count). The van der Waals surface area contributed by atoms with Crippen LogP contribution in [0.15, 0.2) is 58.3 Å². The molecule has 0 aliphatic carbocycles. The highest BCUT2D eigenvalue weighted by atomic mass is 35.5. The van der Waals surface area contributed by atoms with E-state index in [-0.39, 0.29) is 5.91 Å². The number of nitrogens with zero attached hydrogens (tertiary/aromatic N) is 1. The Kier molecular flexibility index (Phi) is 5.79. The first kappa shape index (κ1) is 17.3. The second-order valence-electron chi connectivity index (χ2n) is 4.91. The van der Waals surface area contributed by atoms with Crippen molar-refractivity contribution in [3.05, 3.63) is 74.7 Å². The van der Waals surface area contributed by atoms with Crippen LogP contribution in [0.4, 0.5) is 5.69 Å². The molecular weight excluding hydrogens is 383 g/mol. The second-order valence-corrected chi connectivity index (χ2v) is 7.55. The number of aromatic nitrogens is 1. The van der Waals surface area contributed by atoms with E-state index in [1.54, 1.807) is 53.4 Å². The minimum atomic E-state index is -0.204. The van der Waals surface area contributed by atoms with Gasteiger partial charge in [0.05, 0.1) is 11.2 Å². The van der Waals surface area contributed by atoms with Crippen molar-refractivity contribution in [2.75, 3.05) is 5.32 Å². The lowest BCUT2D eigenvalue weighted by Gasteiger charge is -2.07. The number of thioether (sulfide) groups is 1. The van der Waals surface area contributed by atoms with E-state index >= 15 is 0 Å². The predicted octanol–water partition coefficient (Wildman–Crippen LogP) is 5.99. The summed E-state index contributed by atoms with van der Waals surface area (Å²) in [6, 6.07) is 12.4. The van der Waals surface area contributed by atoms with Crippen LogP contribution >= 0.6 is 46.3 Å². The van der Waals surface area contributed by atoms with Crippen molar-refractivity contribution < 1.29 is 4.79 Å². The number of hydrogen-bond donors (Lipinski definition) is 1. The van der Waals surface area contributed by atoms with E-state index < -0.39 is 0 Å². The van der Waals surface area contributed by atoms with Crippen LogP contribution in [0.2, 0.25) is 10.0 Å². The van der Waals surface area contributed by atoms with Crippen molar-refractivity contribution in [2.45, 2.75) is 10.6 Å². The van der Waals surface area contributed by atoms with Crippen LogP contribution in [0.25, 0.3) is 0 Å². The first-order valence-electron chi connectivity index (χ1n) is 6.97. The highest BCUT2D eigenvalue weighted by Crippen LogP contribution is 2.25. The molecule has 1 N–H and O–H groups in total. The standard InChI is InChI=1S/C17H12Cl2N2OS2/c18-12-5-13(19)7-14(6-12)21-17(22)11-1-3-16(4-2-11)24-9-15-8-23-10-20-15/h1-8,10H,9H2,(H,21,22). The largest absolute Gasteiger partial charge is 0.322 e. The zero-order chi connectivity index (χ0) is 16.9. The van der Waals surface area contributed by atoms with Gasteiger partial charge in [0, 0.05) is 37.3 Å². The third kappa shape index (κ3) is 4.74. The van der Waals surface area contributed by atoms with Gasteiger partial charge in [0.15, 0.2) is 0 Å². The number of carbonyl (C=O) groups excluding carboxylic acids is 1. The van der Waals surface area contributed by atoms with Gasteiger partial charge in [0.2, 0.25) is 0 Å². The molecule has 2 aromatic carbocycles. The molecule has 1 heterocycles. The monoisotopic (exact) mass is 394 g/mol. The SMILES string of the molecule is O=C(Nc1cc(Cl)cc(Cl)c1)c1ccc(SCc2cscn2)cc1. The van der Waals surface area contributed by atoms with Gasteiger partial charge < -0.3 is 5.32 Å². The maximum Gasteiger partial charge on any atom is 0.255 e. The number of benzene rings is 2. The second kappa shape index (κ2) is 8.03. The summed E-state index contributed by atoms with van der Waals surface area (Å²) in [4.78, 5) is 17.6. The lowest BCUT2D eigenvalue weighted by molar-refractivity contribution is 0.102. The van der Waals surface area contributed by atoms with Crippen molar-refractivity contribution in [3.8, 4) is 0 Å². The molecule has 0 unspecified atom stereocenters. The molecule has 3 aromatic rings. The topological polar surface area (TPSA) is 42.0 Å². The molecule has 0 radical (unpaired) electrons. The summed E-state index contributed by atoms with van der Waals surface area (Å²) in [6.45, 7) is 0. The Morgan fingerprint density at radius 1 is 1.12 bits per heavy atom. The van der Waals surface area contributed by atoms with Gasteiger partial charge >= 0.3 is 0 Å². The van der Waals surface area contributed by atoms with Gasteiger partial charge in [-0.25, -0.2) is 4.98 Å². The van der Waals surface area contributed by atoms with Crippen molar-refractivity contribution in [2.24, 2.45) is 0 Å². The molecule has 24 heavy (non-hydrogen) atoms. The highest BCUT2D eigenvalue weighted by Gasteiger charge is 2.08. The van der Waals surface area contributed by atoms with Gasteiger partial charge in [0.25, 0.3) is 5.91 Å². The van der Waals surface area contributed by atoms with Crippen molar-refractivity contribution in [3.63, 3.8) is 0 Å². The summed E-state index contributed by atoms with van der Waals surface area (Å²) in [5.74, 6) is 0.611. The number of rotatable bonds is 5. The van der Waals surface area contributed by atoms with Crippen LogP contribution in [0.3, 0.4) is 0 Å². The number of thiazole rings is 1. The lowest BCUT2D eigenvalue weighted by atomic mass is 10.2. The number of anilines is 1. The zero-order valence-corrected chi connectivity index (χ0v) is 15.5. The molecule has 0 bridgehead atoms. The molecule has 122 valence electrons. The normalized spacial score (nSPS) is 10.6. The van der Waals surface area contributed by atoms with Crippen LogP contribution in [0, 0.1) is 0 Å². The van der Waals surface area contributed by atoms with E-state index in [2.05, 4.69) is 10.3 Å². The molecule has 0 atom stereocenters. The van der Waals surface area contributed by atoms with Crippen LogP contribution in [-0.4, -0.2) is 10.9 Å². The predicted molar refractivity (Wildman–Crippen MR) is 103 cm³/mol. The van der Waals surface area contributed by atoms with Crippen molar-refractivity contribution >= 4 is 57.9 Å². The van der Waals surface area contributed by atoms with Gasteiger partial charge in [-0.05, 0) is 42.5 Å². The van der Waals surface area contributed by atoms with E-state index in [0.717, 1.165) is 16.3 Å². The minimum Gasteiger partial charge on any atom is -0.322 e. The fourth-order valence-corrected chi connectivity index (χ4v) is 3.99. The summed E-state index contributed by atoms with van der Waals surface area (Å²) in [5.41, 5.74) is 4.03. The fourth-order valence-electron chi connectivity index (χ4n) is 2.00. The first-order valence-corrected chi connectivity index (χ1v) is 9.66. The molecule has 0 saturated carbocycles. The van der Waals surface area contributed by atoms with Crippen LogP contribution in [0.1, 0.15) is 16.1 Å². The maximum atomic E-state index is 12.3. The quantitative estimate of drug-likeness (QED) is 0.539. The third-order valence-electron chi connectivity index (χ3n) is 3.11. The summed E-state index contributed by atoms with van der Waals surface area (Å²) in [7, 11) is 0. The number of carbonyl (C=O) groups is 1. The molecular formula is C17H12Cl2N2OS2. The van der Waals surface area contributed by atoms with Gasteiger partial charge in [0.1, 0.15) is 0 Å². The van der Waals surface area contributed by atoms with Gasteiger partial charge in [-0.15, -0.1) is 23.1 Å². The highest BCUT2D eigenvalue weighted by molar-refractivity contribution is 7.98. The number of nitrogens with one attached hydrogen (secondary N) is 1. The Morgan fingerprint density at radius 3 is 2.46 bits per heavy atom. The molecule has 1 amide bonds. The Morgan fingerprint density at radius 2 is 1.83 bits per heavy atom. The smallest absolute Gasteiger partial charge is 0.255 e. The molecule has 3 nitrogen and oxygen atoms in total. The maximum absolute atomic E-state index is 12.3. The minimum absolute atomic E-state index is 0.204. The van der Waals surface area contributed by atoms with E-state index in [1.165, 1.54) is 0 Å². The van der Waals surface area contributed by atoms with Crippen LogP contribution in [-0.2, 0) is 5.75 Å².